The molecule has 0 aliphatic carbocycles. The summed E-state index contributed by atoms with van der Waals surface area (Å²) in [5, 5.41) is 11.3. The molecular formula is C10H10ClNS. The van der Waals surface area contributed by atoms with E-state index in [1.165, 1.54) is 5.56 Å². The number of rotatable bonds is 2. The lowest BCUT2D eigenvalue weighted by Crippen LogP contribution is -1.83. The van der Waals surface area contributed by atoms with Gasteiger partial charge in [-0.15, -0.1) is 11.3 Å². The average Bonchev–Trinajstić information content (AvgIpc) is 2.62. The number of thiophene rings is 1. The van der Waals surface area contributed by atoms with Gasteiger partial charge in [0.25, 0.3) is 0 Å². The van der Waals surface area contributed by atoms with E-state index >= 15 is 0 Å². The van der Waals surface area contributed by atoms with Gasteiger partial charge in [-0.3, -0.25) is 0 Å². The molecule has 0 radical (unpaired) electrons. The maximum atomic E-state index is 8.68. The zero-order valence-corrected chi connectivity index (χ0v) is 9.17. The maximum Gasteiger partial charge on any atom is 0.0960 e. The Kier molecular flexibility index (Phi) is 3.53. The summed E-state index contributed by atoms with van der Waals surface area (Å²) in [6.45, 7) is 3.82. The Balaban J connectivity index is 3.17. The van der Waals surface area contributed by atoms with Crippen molar-refractivity contribution in [3.63, 3.8) is 0 Å². The number of halogens is 1. The van der Waals surface area contributed by atoms with Crippen molar-refractivity contribution in [3.05, 3.63) is 27.5 Å². The van der Waals surface area contributed by atoms with Crippen LogP contribution < -0.4 is 0 Å². The smallest absolute Gasteiger partial charge is 0.0960 e. The molecule has 0 atom stereocenters. The van der Waals surface area contributed by atoms with Gasteiger partial charge >= 0.3 is 0 Å². The third kappa shape index (κ3) is 2.12. The summed E-state index contributed by atoms with van der Waals surface area (Å²) in [6, 6.07) is 4.11. The molecule has 0 spiro atoms. The molecule has 1 nitrogen and oxygen atoms in total. The van der Waals surface area contributed by atoms with E-state index < -0.39 is 0 Å². The fourth-order valence-electron chi connectivity index (χ4n) is 1.03. The van der Waals surface area contributed by atoms with Crippen LogP contribution in [-0.4, -0.2) is 0 Å². The molecule has 1 rings (SSSR count). The molecule has 1 heterocycles. The van der Waals surface area contributed by atoms with Crippen molar-refractivity contribution >= 4 is 28.0 Å². The lowest BCUT2D eigenvalue weighted by atomic mass is 10.1. The van der Waals surface area contributed by atoms with Gasteiger partial charge in [0.2, 0.25) is 0 Å². The molecule has 68 valence electrons. The van der Waals surface area contributed by atoms with Crippen molar-refractivity contribution in [3.8, 4) is 6.07 Å². The van der Waals surface area contributed by atoms with E-state index in [-0.39, 0.29) is 0 Å². The second-order valence-electron chi connectivity index (χ2n) is 2.68. The highest BCUT2D eigenvalue weighted by Gasteiger charge is 2.08. The first-order chi connectivity index (χ1) is 6.20. The lowest BCUT2D eigenvalue weighted by molar-refractivity contribution is 1.15. The van der Waals surface area contributed by atoms with Crippen molar-refractivity contribution in [2.75, 3.05) is 0 Å². The highest BCUT2D eigenvalue weighted by molar-refractivity contribution is 7.12. The number of hydrogen-bond donors (Lipinski definition) is 0. The molecule has 0 aromatic carbocycles. The molecule has 0 amide bonds. The summed E-state index contributed by atoms with van der Waals surface area (Å²) < 4.78 is 0. The Morgan fingerprint density at radius 1 is 1.69 bits per heavy atom. The van der Waals surface area contributed by atoms with E-state index in [1.54, 1.807) is 18.3 Å². The zero-order valence-electron chi connectivity index (χ0n) is 7.60. The maximum absolute atomic E-state index is 8.68. The van der Waals surface area contributed by atoms with Gasteiger partial charge in [0, 0.05) is 10.5 Å². The van der Waals surface area contributed by atoms with Crippen LogP contribution in [0.25, 0.3) is 5.03 Å². The first-order valence-electron chi connectivity index (χ1n) is 4.04. The summed E-state index contributed by atoms with van der Waals surface area (Å²) in [5.41, 5.74) is 1.79. The Morgan fingerprint density at radius 3 is 2.92 bits per heavy atom. The molecule has 0 aliphatic rings. The summed E-state index contributed by atoms with van der Waals surface area (Å²) >= 11 is 7.63. The number of nitriles is 1. The molecule has 0 saturated heterocycles. The summed E-state index contributed by atoms with van der Waals surface area (Å²) in [7, 11) is 0. The van der Waals surface area contributed by atoms with E-state index in [0.29, 0.717) is 10.6 Å². The van der Waals surface area contributed by atoms with Crippen LogP contribution in [0.5, 0.6) is 0 Å². The predicted octanol–water partition coefficient (Wildman–Crippen LogP) is 3.80. The predicted molar refractivity (Wildman–Crippen MR) is 57.8 cm³/mol. The minimum atomic E-state index is 0.582. The standard InChI is InChI=1S/C10H10ClNS/c1-3-8-4-5-13-10(8)9(11)7(2)6-12/h4-5H,3H2,1-2H3. The van der Waals surface area contributed by atoms with Crippen LogP contribution in [0, 0.1) is 11.3 Å². The van der Waals surface area contributed by atoms with Gasteiger partial charge in [0.1, 0.15) is 0 Å². The van der Waals surface area contributed by atoms with E-state index in [9.17, 15) is 0 Å². The van der Waals surface area contributed by atoms with Crippen molar-refractivity contribution in [1.29, 1.82) is 5.26 Å². The second kappa shape index (κ2) is 4.45. The summed E-state index contributed by atoms with van der Waals surface area (Å²) in [4.78, 5) is 1.03. The molecule has 1 aromatic rings. The number of allylic oxidation sites excluding steroid dienone is 1. The van der Waals surface area contributed by atoms with Crippen LogP contribution in [-0.2, 0) is 6.42 Å². The van der Waals surface area contributed by atoms with E-state index in [1.807, 2.05) is 11.4 Å². The van der Waals surface area contributed by atoms with Gasteiger partial charge in [0.15, 0.2) is 0 Å². The Bertz CT molecular complexity index is 371. The molecular weight excluding hydrogens is 202 g/mol. The second-order valence-corrected chi connectivity index (χ2v) is 3.97. The van der Waals surface area contributed by atoms with Gasteiger partial charge < -0.3 is 0 Å². The van der Waals surface area contributed by atoms with Crippen LogP contribution in [0.4, 0.5) is 0 Å². The van der Waals surface area contributed by atoms with Crippen molar-refractivity contribution in [2.45, 2.75) is 20.3 Å². The minimum absolute atomic E-state index is 0.582. The number of nitrogens with zero attached hydrogens (tertiary/aromatic N) is 1. The van der Waals surface area contributed by atoms with Crippen molar-refractivity contribution in [2.24, 2.45) is 0 Å². The van der Waals surface area contributed by atoms with Crippen LogP contribution in [0.1, 0.15) is 24.3 Å². The topological polar surface area (TPSA) is 23.8 Å². The third-order valence-corrected chi connectivity index (χ3v) is 3.38. The van der Waals surface area contributed by atoms with Gasteiger partial charge in [-0.2, -0.15) is 5.26 Å². The molecule has 0 fully saturated rings. The van der Waals surface area contributed by atoms with Crippen LogP contribution in [0.2, 0.25) is 0 Å². The quantitative estimate of drug-likeness (QED) is 0.683. The zero-order chi connectivity index (χ0) is 9.84. The van der Waals surface area contributed by atoms with E-state index in [2.05, 4.69) is 13.0 Å². The van der Waals surface area contributed by atoms with Gasteiger partial charge in [0.05, 0.1) is 11.1 Å². The average molecular weight is 212 g/mol. The monoisotopic (exact) mass is 211 g/mol. The number of hydrogen-bond acceptors (Lipinski definition) is 2. The minimum Gasteiger partial charge on any atom is -0.193 e. The largest absolute Gasteiger partial charge is 0.193 e. The van der Waals surface area contributed by atoms with Crippen LogP contribution >= 0.6 is 22.9 Å². The molecule has 0 aliphatic heterocycles. The van der Waals surface area contributed by atoms with Gasteiger partial charge in [-0.1, -0.05) is 18.5 Å². The third-order valence-electron chi connectivity index (χ3n) is 1.82. The molecule has 1 aromatic heterocycles. The van der Waals surface area contributed by atoms with E-state index in [0.717, 1.165) is 11.3 Å². The van der Waals surface area contributed by atoms with Crippen molar-refractivity contribution < 1.29 is 0 Å². The Hall–Kier alpha value is -0.780. The first kappa shape index (κ1) is 10.3. The molecule has 0 saturated carbocycles. The Morgan fingerprint density at radius 2 is 2.38 bits per heavy atom. The number of aryl methyl sites for hydroxylation is 1. The fourth-order valence-corrected chi connectivity index (χ4v) is 2.31. The molecule has 0 N–H and O–H groups in total. The molecule has 3 heteroatoms. The first-order valence-corrected chi connectivity index (χ1v) is 5.29. The Labute approximate surface area is 87.3 Å². The normalized spacial score (nSPS) is 12.2. The SMILES string of the molecule is CCc1ccsc1C(Cl)=C(C)C#N. The highest BCUT2D eigenvalue weighted by atomic mass is 35.5. The molecule has 0 bridgehead atoms. The van der Waals surface area contributed by atoms with E-state index in [4.69, 9.17) is 16.9 Å². The lowest BCUT2D eigenvalue weighted by Gasteiger charge is -1.99. The van der Waals surface area contributed by atoms with Crippen LogP contribution in [0.15, 0.2) is 17.0 Å². The fraction of sp³-hybridized carbons (Fsp3) is 0.300. The molecule has 0 unspecified atom stereocenters. The summed E-state index contributed by atoms with van der Waals surface area (Å²) in [5.74, 6) is 0. The van der Waals surface area contributed by atoms with Gasteiger partial charge in [-0.05, 0) is 30.4 Å². The van der Waals surface area contributed by atoms with Crippen LogP contribution in [0.3, 0.4) is 0 Å². The van der Waals surface area contributed by atoms with Crippen molar-refractivity contribution in [1.82, 2.24) is 0 Å². The van der Waals surface area contributed by atoms with Gasteiger partial charge in [-0.25, -0.2) is 0 Å². The molecule has 13 heavy (non-hydrogen) atoms. The summed E-state index contributed by atoms with van der Waals surface area (Å²) in [6.07, 6.45) is 0.952. The highest BCUT2D eigenvalue weighted by Crippen LogP contribution is 2.30.